The van der Waals surface area contributed by atoms with Crippen molar-refractivity contribution in [1.29, 1.82) is 0 Å². The highest BCUT2D eigenvalue weighted by Crippen LogP contribution is 2.21. The van der Waals surface area contributed by atoms with E-state index in [1.807, 2.05) is 26.0 Å². The zero-order chi connectivity index (χ0) is 15.4. The molecule has 0 saturated heterocycles. The van der Waals surface area contributed by atoms with Gasteiger partial charge in [0.2, 0.25) is 0 Å². The van der Waals surface area contributed by atoms with Crippen molar-refractivity contribution in [2.24, 2.45) is 0 Å². The summed E-state index contributed by atoms with van der Waals surface area (Å²) in [6.45, 7) is 6.55. The molecule has 0 saturated carbocycles. The minimum Gasteiger partial charge on any atom is -0.306 e. The zero-order valence-electron chi connectivity index (χ0n) is 12.7. The number of hydrogen-bond donors (Lipinski definition) is 1. The molecule has 0 bridgehead atoms. The van der Waals surface area contributed by atoms with E-state index in [0.717, 1.165) is 23.0 Å². The third-order valence-electron chi connectivity index (χ3n) is 3.73. The van der Waals surface area contributed by atoms with Gasteiger partial charge in [0.25, 0.3) is 0 Å². The van der Waals surface area contributed by atoms with Crippen molar-refractivity contribution in [3.05, 3.63) is 68.9 Å². The fourth-order valence-corrected chi connectivity index (χ4v) is 2.84. The highest BCUT2D eigenvalue weighted by molar-refractivity contribution is 9.10. The SMILES string of the molecule is CCC(NCc1cc(C)c(F)c(C)c1)c1ccc(Br)cc1. The Labute approximate surface area is 134 Å². The molecule has 0 aliphatic rings. The normalized spacial score (nSPS) is 12.4. The molecule has 0 radical (unpaired) electrons. The second kappa shape index (κ2) is 7.19. The summed E-state index contributed by atoms with van der Waals surface area (Å²) in [4.78, 5) is 0. The highest BCUT2D eigenvalue weighted by Gasteiger charge is 2.10. The third kappa shape index (κ3) is 4.14. The minimum atomic E-state index is -0.0984. The van der Waals surface area contributed by atoms with Crippen LogP contribution in [0.1, 0.15) is 41.6 Å². The predicted octanol–water partition coefficient (Wildman–Crippen LogP) is 5.45. The van der Waals surface area contributed by atoms with E-state index in [4.69, 9.17) is 0 Å². The van der Waals surface area contributed by atoms with Crippen LogP contribution in [0.25, 0.3) is 0 Å². The van der Waals surface area contributed by atoms with Crippen LogP contribution in [0.3, 0.4) is 0 Å². The quantitative estimate of drug-likeness (QED) is 0.757. The summed E-state index contributed by atoms with van der Waals surface area (Å²) in [5, 5.41) is 3.56. The average Bonchev–Trinajstić information content (AvgIpc) is 2.47. The topological polar surface area (TPSA) is 12.0 Å². The summed E-state index contributed by atoms with van der Waals surface area (Å²) in [6.07, 6.45) is 1.01. The monoisotopic (exact) mass is 349 g/mol. The van der Waals surface area contributed by atoms with Gasteiger partial charge in [-0.05, 0) is 54.7 Å². The van der Waals surface area contributed by atoms with E-state index < -0.39 is 0 Å². The number of rotatable bonds is 5. The molecule has 2 aromatic carbocycles. The van der Waals surface area contributed by atoms with Crippen LogP contribution in [0.2, 0.25) is 0 Å². The van der Waals surface area contributed by atoms with Crippen molar-refractivity contribution in [2.75, 3.05) is 0 Å². The molecule has 21 heavy (non-hydrogen) atoms. The van der Waals surface area contributed by atoms with Gasteiger partial charge >= 0.3 is 0 Å². The van der Waals surface area contributed by atoms with Crippen LogP contribution in [0.4, 0.5) is 4.39 Å². The van der Waals surface area contributed by atoms with Gasteiger partial charge in [0, 0.05) is 17.1 Å². The van der Waals surface area contributed by atoms with Crippen LogP contribution >= 0.6 is 15.9 Å². The molecule has 2 rings (SSSR count). The van der Waals surface area contributed by atoms with Gasteiger partial charge in [-0.25, -0.2) is 4.39 Å². The van der Waals surface area contributed by atoms with Crippen molar-refractivity contribution >= 4 is 15.9 Å². The fraction of sp³-hybridized carbons (Fsp3) is 0.333. The van der Waals surface area contributed by atoms with Gasteiger partial charge < -0.3 is 5.32 Å². The number of benzene rings is 2. The van der Waals surface area contributed by atoms with E-state index in [2.05, 4.69) is 52.4 Å². The van der Waals surface area contributed by atoms with Crippen LogP contribution in [-0.2, 0) is 6.54 Å². The number of aryl methyl sites for hydroxylation is 2. The Kier molecular flexibility index (Phi) is 5.54. The largest absolute Gasteiger partial charge is 0.306 e. The minimum absolute atomic E-state index is 0.0984. The summed E-state index contributed by atoms with van der Waals surface area (Å²) in [6, 6.07) is 12.5. The molecule has 0 spiro atoms. The summed E-state index contributed by atoms with van der Waals surface area (Å²) in [5.74, 6) is -0.0984. The molecule has 0 aliphatic heterocycles. The van der Waals surface area contributed by atoms with Crippen molar-refractivity contribution in [3.63, 3.8) is 0 Å². The van der Waals surface area contributed by atoms with E-state index in [1.54, 1.807) is 0 Å². The lowest BCUT2D eigenvalue weighted by Crippen LogP contribution is -2.20. The van der Waals surface area contributed by atoms with Crippen LogP contribution in [0, 0.1) is 19.7 Å². The maximum atomic E-state index is 13.7. The molecule has 0 fully saturated rings. The molecular formula is C18H21BrFN. The van der Waals surface area contributed by atoms with Gasteiger partial charge in [-0.1, -0.05) is 47.1 Å². The first-order valence-electron chi connectivity index (χ1n) is 7.25. The van der Waals surface area contributed by atoms with E-state index in [0.29, 0.717) is 17.2 Å². The molecular weight excluding hydrogens is 329 g/mol. The molecule has 0 heterocycles. The number of halogens is 2. The van der Waals surface area contributed by atoms with Gasteiger partial charge in [0.1, 0.15) is 5.82 Å². The van der Waals surface area contributed by atoms with E-state index in [-0.39, 0.29) is 5.82 Å². The Balaban J connectivity index is 2.08. The Morgan fingerprint density at radius 2 is 1.67 bits per heavy atom. The molecule has 0 aromatic heterocycles. The summed E-state index contributed by atoms with van der Waals surface area (Å²) < 4.78 is 14.7. The second-order valence-corrected chi connectivity index (χ2v) is 6.35. The van der Waals surface area contributed by atoms with E-state index in [9.17, 15) is 4.39 Å². The summed E-state index contributed by atoms with van der Waals surface area (Å²) in [7, 11) is 0. The molecule has 0 aliphatic carbocycles. The molecule has 1 unspecified atom stereocenters. The van der Waals surface area contributed by atoms with Crippen molar-refractivity contribution < 1.29 is 4.39 Å². The van der Waals surface area contributed by atoms with Crippen molar-refractivity contribution in [1.82, 2.24) is 5.32 Å². The number of nitrogens with one attached hydrogen (secondary N) is 1. The lowest BCUT2D eigenvalue weighted by molar-refractivity contribution is 0.517. The maximum absolute atomic E-state index is 13.7. The zero-order valence-corrected chi connectivity index (χ0v) is 14.3. The average molecular weight is 350 g/mol. The summed E-state index contributed by atoms with van der Waals surface area (Å²) in [5.41, 5.74) is 3.82. The second-order valence-electron chi connectivity index (χ2n) is 5.44. The van der Waals surface area contributed by atoms with Crippen LogP contribution in [0.5, 0.6) is 0 Å². The molecule has 3 heteroatoms. The molecule has 112 valence electrons. The first kappa shape index (κ1) is 16.2. The molecule has 1 nitrogen and oxygen atoms in total. The Morgan fingerprint density at radius 1 is 1.10 bits per heavy atom. The van der Waals surface area contributed by atoms with Crippen molar-refractivity contribution in [2.45, 2.75) is 39.8 Å². The first-order chi connectivity index (χ1) is 10.0. The van der Waals surface area contributed by atoms with Gasteiger partial charge in [0.15, 0.2) is 0 Å². The molecule has 1 atom stereocenters. The Hall–Kier alpha value is -1.19. The number of hydrogen-bond acceptors (Lipinski definition) is 1. The van der Waals surface area contributed by atoms with E-state index in [1.165, 1.54) is 5.56 Å². The maximum Gasteiger partial charge on any atom is 0.129 e. The van der Waals surface area contributed by atoms with Crippen molar-refractivity contribution in [3.8, 4) is 0 Å². The molecule has 2 aromatic rings. The predicted molar refractivity (Wildman–Crippen MR) is 89.9 cm³/mol. The lowest BCUT2D eigenvalue weighted by Gasteiger charge is -2.18. The van der Waals surface area contributed by atoms with Gasteiger partial charge in [0.05, 0.1) is 0 Å². The smallest absolute Gasteiger partial charge is 0.129 e. The molecule has 0 amide bonds. The fourth-order valence-electron chi connectivity index (χ4n) is 2.57. The first-order valence-corrected chi connectivity index (χ1v) is 8.05. The third-order valence-corrected chi connectivity index (χ3v) is 4.26. The van der Waals surface area contributed by atoms with Crippen LogP contribution < -0.4 is 5.32 Å². The van der Waals surface area contributed by atoms with Gasteiger partial charge in [-0.3, -0.25) is 0 Å². The molecule has 1 N–H and O–H groups in total. The summed E-state index contributed by atoms with van der Waals surface area (Å²) >= 11 is 3.46. The Morgan fingerprint density at radius 3 is 2.19 bits per heavy atom. The Bertz CT molecular complexity index is 584. The van der Waals surface area contributed by atoms with E-state index >= 15 is 0 Å². The van der Waals surface area contributed by atoms with Crippen LogP contribution in [0.15, 0.2) is 40.9 Å². The van der Waals surface area contributed by atoms with Gasteiger partial charge in [-0.15, -0.1) is 0 Å². The standard InChI is InChI=1S/C18H21BrFN/c1-4-17(15-5-7-16(19)8-6-15)21-11-14-9-12(2)18(20)13(3)10-14/h5-10,17,21H,4,11H2,1-3H3. The highest BCUT2D eigenvalue weighted by atomic mass is 79.9. The lowest BCUT2D eigenvalue weighted by atomic mass is 10.0. The van der Waals surface area contributed by atoms with Gasteiger partial charge in [-0.2, -0.15) is 0 Å². The van der Waals surface area contributed by atoms with Crippen LogP contribution in [-0.4, -0.2) is 0 Å².